The molecule has 2 aromatic heterocycles. The number of benzene rings is 1. The van der Waals surface area contributed by atoms with Gasteiger partial charge in [-0.3, -0.25) is 4.79 Å². The van der Waals surface area contributed by atoms with Crippen molar-refractivity contribution >= 4 is 16.9 Å². The van der Waals surface area contributed by atoms with Crippen molar-refractivity contribution in [2.24, 2.45) is 13.0 Å². The van der Waals surface area contributed by atoms with Gasteiger partial charge in [0.25, 0.3) is 0 Å². The molecule has 0 spiro atoms. The zero-order valence-corrected chi connectivity index (χ0v) is 18.6. The van der Waals surface area contributed by atoms with E-state index in [4.69, 9.17) is 24.2 Å². The van der Waals surface area contributed by atoms with Crippen LogP contribution < -0.4 is 19.5 Å². The highest BCUT2D eigenvalue weighted by Gasteiger charge is 2.29. The van der Waals surface area contributed by atoms with Gasteiger partial charge in [-0.2, -0.15) is 0 Å². The number of hydrogen-bond donors (Lipinski definition) is 1. The minimum atomic E-state index is -0.171. The summed E-state index contributed by atoms with van der Waals surface area (Å²) >= 11 is 0. The van der Waals surface area contributed by atoms with Crippen molar-refractivity contribution in [1.29, 1.82) is 0 Å². The maximum absolute atomic E-state index is 11.7. The summed E-state index contributed by atoms with van der Waals surface area (Å²) in [4.78, 5) is 21.3. The van der Waals surface area contributed by atoms with E-state index in [0.29, 0.717) is 30.3 Å². The fourth-order valence-corrected chi connectivity index (χ4v) is 4.02. The van der Waals surface area contributed by atoms with Crippen molar-refractivity contribution < 1.29 is 19.0 Å². The van der Waals surface area contributed by atoms with Crippen LogP contribution in [0.4, 0.5) is 0 Å². The third kappa shape index (κ3) is 3.89. The topological polar surface area (TPSA) is 87.5 Å². The average Bonchev–Trinajstić information content (AvgIpc) is 3.36. The molecule has 0 aliphatic carbocycles. The molecule has 0 saturated carbocycles. The molecule has 0 radical (unpaired) electrons. The second-order valence-electron chi connectivity index (χ2n) is 7.78. The highest BCUT2D eigenvalue weighted by molar-refractivity contribution is 5.85. The van der Waals surface area contributed by atoms with Gasteiger partial charge in [0.15, 0.2) is 11.5 Å². The molecule has 1 aromatic carbocycles. The van der Waals surface area contributed by atoms with Crippen LogP contribution in [0.25, 0.3) is 22.3 Å². The second kappa shape index (κ2) is 8.45. The summed E-state index contributed by atoms with van der Waals surface area (Å²) < 4.78 is 19.2. The number of carbonyl (C=O) groups is 1. The van der Waals surface area contributed by atoms with Gasteiger partial charge in [0, 0.05) is 37.9 Å². The van der Waals surface area contributed by atoms with Crippen LogP contribution in [-0.4, -0.2) is 47.3 Å². The van der Waals surface area contributed by atoms with Gasteiger partial charge in [-0.15, -0.1) is 0 Å². The summed E-state index contributed by atoms with van der Waals surface area (Å²) in [6, 6.07) is 7.65. The number of rotatable bonds is 7. The molecule has 1 aliphatic heterocycles. The summed E-state index contributed by atoms with van der Waals surface area (Å²) in [6.07, 6.45) is 1.09. The molecular formula is C23H28N4O4. The van der Waals surface area contributed by atoms with Crippen LogP contribution in [0, 0.1) is 5.92 Å². The lowest BCUT2D eigenvalue weighted by atomic mass is 10.0. The van der Waals surface area contributed by atoms with Crippen molar-refractivity contribution in [3.8, 4) is 28.6 Å². The smallest absolute Gasteiger partial charge is 0.241 e. The van der Waals surface area contributed by atoms with Crippen LogP contribution in [0.1, 0.15) is 26.1 Å². The number of amides is 1. The highest BCUT2D eigenvalue weighted by atomic mass is 16.5. The van der Waals surface area contributed by atoms with Crippen molar-refractivity contribution in [2.75, 3.05) is 20.8 Å². The van der Waals surface area contributed by atoms with Gasteiger partial charge in [-0.05, 0) is 31.2 Å². The molecule has 31 heavy (non-hydrogen) atoms. The molecule has 8 heteroatoms. The lowest BCUT2D eigenvalue weighted by molar-refractivity contribution is -0.119. The summed E-state index contributed by atoms with van der Waals surface area (Å²) in [7, 11) is 5.19. The monoisotopic (exact) mass is 424 g/mol. The number of aromatic nitrogens is 3. The fraction of sp³-hybridized carbons (Fsp3) is 0.435. The molecule has 0 bridgehead atoms. The average molecular weight is 425 g/mol. The Bertz CT molecular complexity index is 1120. The molecule has 1 fully saturated rings. The Kier molecular flexibility index (Phi) is 5.71. The zero-order chi connectivity index (χ0) is 22.1. The Morgan fingerprint density at radius 1 is 1.19 bits per heavy atom. The summed E-state index contributed by atoms with van der Waals surface area (Å²) in [5.74, 6) is 2.92. The largest absolute Gasteiger partial charge is 0.493 e. The van der Waals surface area contributed by atoms with Gasteiger partial charge in [0.05, 0.1) is 25.4 Å². The third-order valence-corrected chi connectivity index (χ3v) is 5.88. The van der Waals surface area contributed by atoms with Crippen LogP contribution in [0.5, 0.6) is 17.4 Å². The maximum atomic E-state index is 11.7. The van der Waals surface area contributed by atoms with Gasteiger partial charge in [0.1, 0.15) is 17.4 Å². The molecule has 1 saturated heterocycles. The predicted molar refractivity (Wildman–Crippen MR) is 118 cm³/mol. The number of nitrogens with zero attached hydrogens (tertiary/aromatic N) is 3. The van der Waals surface area contributed by atoms with Gasteiger partial charge in [-0.25, -0.2) is 9.97 Å². The standard InChI is InChI=1S/C23H28N4O4/c1-6-20-25-17-11-16(14-7-8-18(29-4)19(9-14)30-5)26-23(22(17)27(20)3)31-13(2)15-10-21(28)24-12-15/h7-9,11,13,15H,6,10,12H2,1-5H3,(H,24,28)/t13-,15-/m1/s1. The minimum Gasteiger partial charge on any atom is -0.493 e. The number of nitrogens with one attached hydrogen (secondary N) is 1. The molecule has 4 rings (SSSR count). The lowest BCUT2D eigenvalue weighted by Crippen LogP contribution is -2.26. The van der Waals surface area contributed by atoms with E-state index >= 15 is 0 Å². The molecule has 2 atom stereocenters. The van der Waals surface area contributed by atoms with Crippen molar-refractivity contribution in [2.45, 2.75) is 32.8 Å². The van der Waals surface area contributed by atoms with Crippen LogP contribution >= 0.6 is 0 Å². The number of pyridine rings is 1. The predicted octanol–water partition coefficient (Wildman–Crippen LogP) is 3.12. The van der Waals surface area contributed by atoms with E-state index < -0.39 is 0 Å². The number of ether oxygens (including phenoxy) is 3. The summed E-state index contributed by atoms with van der Waals surface area (Å²) in [5, 5.41) is 2.88. The van der Waals surface area contributed by atoms with Crippen LogP contribution in [0.2, 0.25) is 0 Å². The molecular weight excluding hydrogens is 396 g/mol. The van der Waals surface area contributed by atoms with Crippen molar-refractivity contribution in [1.82, 2.24) is 19.9 Å². The molecule has 164 valence electrons. The highest BCUT2D eigenvalue weighted by Crippen LogP contribution is 2.35. The Labute approximate surface area is 181 Å². The molecule has 3 aromatic rings. The van der Waals surface area contributed by atoms with Crippen molar-refractivity contribution in [3.05, 3.63) is 30.1 Å². The number of fused-ring (bicyclic) bond motifs is 1. The Balaban J connectivity index is 1.80. The summed E-state index contributed by atoms with van der Waals surface area (Å²) in [5.41, 5.74) is 3.28. The van der Waals surface area contributed by atoms with Gasteiger partial charge in [-0.1, -0.05) is 6.92 Å². The van der Waals surface area contributed by atoms with Gasteiger partial charge in [0.2, 0.25) is 11.8 Å². The van der Waals surface area contributed by atoms with E-state index in [-0.39, 0.29) is 17.9 Å². The van der Waals surface area contributed by atoms with Crippen LogP contribution in [0.15, 0.2) is 24.3 Å². The van der Waals surface area contributed by atoms with E-state index in [2.05, 4.69) is 12.2 Å². The van der Waals surface area contributed by atoms with Crippen molar-refractivity contribution in [3.63, 3.8) is 0 Å². The van der Waals surface area contributed by atoms with E-state index in [1.807, 2.05) is 42.8 Å². The molecule has 8 nitrogen and oxygen atoms in total. The number of aryl methyl sites for hydroxylation is 2. The number of hydrogen-bond acceptors (Lipinski definition) is 6. The molecule has 1 aliphatic rings. The fourth-order valence-electron chi connectivity index (χ4n) is 4.02. The molecule has 1 N–H and O–H groups in total. The van der Waals surface area contributed by atoms with Gasteiger partial charge < -0.3 is 24.1 Å². The first-order valence-corrected chi connectivity index (χ1v) is 10.5. The normalized spacial score (nSPS) is 16.9. The zero-order valence-electron chi connectivity index (χ0n) is 18.6. The van der Waals surface area contributed by atoms with Gasteiger partial charge >= 0.3 is 0 Å². The first-order valence-electron chi connectivity index (χ1n) is 10.5. The van der Waals surface area contributed by atoms with E-state index in [1.165, 1.54) is 0 Å². The van der Waals surface area contributed by atoms with E-state index in [1.54, 1.807) is 14.2 Å². The minimum absolute atomic E-state index is 0.0615. The number of carbonyl (C=O) groups excluding carboxylic acids is 1. The number of methoxy groups -OCH3 is 2. The SMILES string of the molecule is CCc1nc2cc(-c3ccc(OC)c(OC)c3)nc(O[C@H](C)[C@H]3CNC(=O)C3)c2n1C. The number of imidazole rings is 1. The van der Waals surface area contributed by atoms with Crippen LogP contribution in [0.3, 0.4) is 0 Å². The summed E-state index contributed by atoms with van der Waals surface area (Å²) in [6.45, 7) is 4.67. The van der Waals surface area contributed by atoms with E-state index in [9.17, 15) is 4.79 Å². The molecule has 0 unspecified atom stereocenters. The first kappa shape index (κ1) is 21.0. The Morgan fingerprint density at radius 3 is 2.61 bits per heavy atom. The molecule has 3 heterocycles. The van der Waals surface area contributed by atoms with E-state index in [0.717, 1.165) is 34.5 Å². The maximum Gasteiger partial charge on any atom is 0.241 e. The Hall–Kier alpha value is -3.29. The second-order valence-corrected chi connectivity index (χ2v) is 7.78. The van der Waals surface area contributed by atoms with Crippen LogP contribution in [-0.2, 0) is 18.3 Å². The third-order valence-electron chi connectivity index (χ3n) is 5.88. The molecule has 1 amide bonds. The first-order chi connectivity index (χ1) is 14.9. The quantitative estimate of drug-likeness (QED) is 0.627. The lowest BCUT2D eigenvalue weighted by Gasteiger charge is -2.20. The Morgan fingerprint density at radius 2 is 1.97 bits per heavy atom.